The second kappa shape index (κ2) is 6.31. The van der Waals surface area contributed by atoms with Crippen molar-refractivity contribution in [2.45, 2.75) is 66.3 Å². The van der Waals surface area contributed by atoms with E-state index in [0.717, 1.165) is 29.9 Å². The number of hydrogen-bond donors (Lipinski definition) is 1. The Morgan fingerprint density at radius 2 is 2.08 bits per heavy atom. The lowest BCUT2D eigenvalue weighted by Gasteiger charge is -2.37. The quantitative estimate of drug-likeness (QED) is 0.898. The Kier molecular flexibility index (Phi) is 4.43. The van der Waals surface area contributed by atoms with Crippen LogP contribution in [0.3, 0.4) is 0 Å². The number of nitrogens with two attached hydrogens (primary N) is 1. The lowest BCUT2D eigenvalue weighted by molar-refractivity contribution is -0.119. The molecule has 0 aromatic carbocycles. The summed E-state index contributed by atoms with van der Waals surface area (Å²) in [6.07, 6.45) is 2.02. The van der Waals surface area contributed by atoms with Crippen molar-refractivity contribution < 1.29 is 9.53 Å². The lowest BCUT2D eigenvalue weighted by atomic mass is 9.70. The van der Waals surface area contributed by atoms with Gasteiger partial charge in [-0.05, 0) is 25.7 Å². The Balaban J connectivity index is 2.23. The minimum atomic E-state index is -0.488. The molecule has 3 rings (SSSR count). The Morgan fingerprint density at radius 3 is 2.69 bits per heavy atom. The zero-order valence-corrected chi connectivity index (χ0v) is 16.1. The van der Waals surface area contributed by atoms with E-state index in [1.54, 1.807) is 0 Å². The van der Waals surface area contributed by atoms with Gasteiger partial charge >= 0.3 is 0 Å². The molecular weight excluding hydrogens is 328 g/mol. The highest BCUT2D eigenvalue weighted by atomic mass is 16.5. The van der Waals surface area contributed by atoms with Gasteiger partial charge in [0.1, 0.15) is 17.4 Å². The monoisotopic (exact) mass is 354 g/mol. The number of aromatic nitrogens is 2. The number of allylic oxidation sites excluding steroid dienone is 3. The largest absolute Gasteiger partial charge is 0.444 e. The summed E-state index contributed by atoms with van der Waals surface area (Å²) >= 11 is 0. The fraction of sp³-hybridized carbons (Fsp3) is 0.550. The van der Waals surface area contributed by atoms with E-state index >= 15 is 0 Å². The zero-order valence-electron chi connectivity index (χ0n) is 16.1. The summed E-state index contributed by atoms with van der Waals surface area (Å²) in [7, 11) is 0. The Morgan fingerprint density at radius 1 is 1.38 bits per heavy atom. The number of nitrogens with zero attached hydrogens (tertiary/aromatic N) is 3. The van der Waals surface area contributed by atoms with Crippen LogP contribution in [0.4, 0.5) is 0 Å². The van der Waals surface area contributed by atoms with Gasteiger partial charge in [-0.3, -0.25) is 9.48 Å². The number of ether oxygens (including phenoxy) is 1. The van der Waals surface area contributed by atoms with Gasteiger partial charge in [0, 0.05) is 36.2 Å². The highest BCUT2D eigenvalue weighted by molar-refractivity contribution is 6.00. The molecule has 0 fully saturated rings. The highest BCUT2D eigenvalue weighted by Gasteiger charge is 2.44. The topological polar surface area (TPSA) is 93.9 Å². The molecule has 0 amide bonds. The molecule has 1 atom stereocenters. The van der Waals surface area contributed by atoms with E-state index in [4.69, 9.17) is 10.5 Å². The average Bonchev–Trinajstić information content (AvgIpc) is 2.79. The molecule has 2 N–H and O–H groups in total. The van der Waals surface area contributed by atoms with Crippen LogP contribution >= 0.6 is 0 Å². The predicted octanol–water partition coefficient (Wildman–Crippen LogP) is 3.36. The van der Waals surface area contributed by atoms with Crippen molar-refractivity contribution in [1.29, 1.82) is 5.26 Å². The van der Waals surface area contributed by atoms with Crippen LogP contribution in [0.1, 0.15) is 62.9 Å². The number of hydrogen-bond acceptors (Lipinski definition) is 5. The molecule has 0 radical (unpaired) electrons. The summed E-state index contributed by atoms with van der Waals surface area (Å²) in [6, 6.07) is 2.18. The van der Waals surface area contributed by atoms with E-state index in [0.29, 0.717) is 29.7 Å². The van der Waals surface area contributed by atoms with Crippen LogP contribution in [0.2, 0.25) is 0 Å². The first-order valence-electron chi connectivity index (χ1n) is 9.08. The molecule has 2 heterocycles. The number of ketones is 1. The molecule has 0 saturated heterocycles. The van der Waals surface area contributed by atoms with Gasteiger partial charge in [-0.2, -0.15) is 10.4 Å². The molecule has 0 spiro atoms. The maximum absolute atomic E-state index is 13.0. The van der Waals surface area contributed by atoms with Crippen molar-refractivity contribution in [3.8, 4) is 6.07 Å². The summed E-state index contributed by atoms with van der Waals surface area (Å²) in [4.78, 5) is 13.0. The second-order valence-electron chi connectivity index (χ2n) is 8.01. The minimum Gasteiger partial charge on any atom is -0.444 e. The molecule has 6 nitrogen and oxygen atoms in total. The first-order valence-corrected chi connectivity index (χ1v) is 9.08. The second-order valence-corrected chi connectivity index (χ2v) is 8.01. The molecule has 138 valence electrons. The Hall–Kier alpha value is -2.55. The van der Waals surface area contributed by atoms with Crippen molar-refractivity contribution in [2.24, 2.45) is 11.1 Å². The third kappa shape index (κ3) is 2.82. The molecule has 0 saturated carbocycles. The summed E-state index contributed by atoms with van der Waals surface area (Å²) < 4.78 is 7.70. The van der Waals surface area contributed by atoms with Crippen molar-refractivity contribution in [1.82, 2.24) is 9.78 Å². The van der Waals surface area contributed by atoms with Crippen molar-refractivity contribution >= 4 is 5.78 Å². The van der Waals surface area contributed by atoms with Gasteiger partial charge in [0.15, 0.2) is 5.78 Å². The van der Waals surface area contributed by atoms with E-state index in [1.165, 1.54) is 0 Å². The van der Waals surface area contributed by atoms with Crippen LogP contribution in [-0.4, -0.2) is 15.6 Å². The molecule has 1 aliphatic carbocycles. The fourth-order valence-corrected chi connectivity index (χ4v) is 4.13. The van der Waals surface area contributed by atoms with E-state index in [9.17, 15) is 10.1 Å². The summed E-state index contributed by atoms with van der Waals surface area (Å²) in [5.74, 6) is 0.250. The molecule has 6 heteroatoms. The maximum atomic E-state index is 13.0. The van der Waals surface area contributed by atoms with Gasteiger partial charge in [-0.25, -0.2) is 0 Å². The third-order valence-electron chi connectivity index (χ3n) is 5.24. The molecule has 1 unspecified atom stereocenters. The van der Waals surface area contributed by atoms with Crippen molar-refractivity contribution in [2.75, 3.05) is 0 Å². The van der Waals surface area contributed by atoms with Gasteiger partial charge in [0.2, 0.25) is 5.88 Å². The van der Waals surface area contributed by atoms with Crippen LogP contribution in [0.5, 0.6) is 0 Å². The van der Waals surface area contributed by atoms with Crippen LogP contribution in [0.25, 0.3) is 0 Å². The summed E-state index contributed by atoms with van der Waals surface area (Å²) in [6.45, 7) is 10.9. The van der Waals surface area contributed by atoms with Crippen LogP contribution in [0, 0.1) is 30.6 Å². The minimum absolute atomic E-state index is 0.0311. The smallest absolute Gasteiger partial charge is 0.205 e. The number of carbonyl (C=O) groups is 1. The fourth-order valence-electron chi connectivity index (χ4n) is 4.13. The Bertz CT molecular complexity index is 880. The normalized spacial score (nSPS) is 22.2. The SMILES string of the molecule is CCCn1nc(C)c(C2C(C#N)=C(N)OC3=C2C(=O)CC(C)(C)C3)c1C. The van der Waals surface area contributed by atoms with Crippen LogP contribution < -0.4 is 5.73 Å². The Labute approximate surface area is 154 Å². The molecule has 1 aromatic heterocycles. The molecular formula is C20H26N4O2. The lowest BCUT2D eigenvalue weighted by Crippen LogP contribution is -2.33. The first kappa shape index (κ1) is 18.2. The number of rotatable bonds is 3. The van der Waals surface area contributed by atoms with Gasteiger partial charge in [-0.1, -0.05) is 20.8 Å². The third-order valence-corrected chi connectivity index (χ3v) is 5.24. The van der Waals surface area contributed by atoms with E-state index in [-0.39, 0.29) is 17.1 Å². The van der Waals surface area contributed by atoms with E-state index < -0.39 is 5.92 Å². The van der Waals surface area contributed by atoms with Crippen LogP contribution in [-0.2, 0) is 16.1 Å². The average molecular weight is 354 g/mol. The number of aryl methyl sites for hydroxylation is 2. The first-order chi connectivity index (χ1) is 12.2. The zero-order chi connectivity index (χ0) is 19.2. The molecule has 1 aliphatic heterocycles. The van der Waals surface area contributed by atoms with E-state index in [1.807, 2.05) is 32.4 Å². The number of nitriles is 1. The molecule has 1 aromatic rings. The van der Waals surface area contributed by atoms with Gasteiger partial charge in [0.25, 0.3) is 0 Å². The number of carbonyl (C=O) groups excluding carboxylic acids is 1. The number of Topliss-reactive ketones (excluding diaryl/α,β-unsaturated/α-hetero) is 1. The molecule has 0 bridgehead atoms. The van der Waals surface area contributed by atoms with Gasteiger partial charge in [0.05, 0.1) is 11.6 Å². The van der Waals surface area contributed by atoms with E-state index in [2.05, 4.69) is 18.1 Å². The summed E-state index contributed by atoms with van der Waals surface area (Å²) in [5.41, 5.74) is 9.50. The van der Waals surface area contributed by atoms with Crippen molar-refractivity contribution in [3.63, 3.8) is 0 Å². The molecule has 26 heavy (non-hydrogen) atoms. The van der Waals surface area contributed by atoms with Gasteiger partial charge < -0.3 is 10.5 Å². The summed E-state index contributed by atoms with van der Waals surface area (Å²) in [5, 5.41) is 14.4. The maximum Gasteiger partial charge on any atom is 0.205 e. The van der Waals surface area contributed by atoms with Gasteiger partial charge in [-0.15, -0.1) is 0 Å². The van der Waals surface area contributed by atoms with Crippen molar-refractivity contribution in [3.05, 3.63) is 39.7 Å². The molecule has 2 aliphatic rings. The highest BCUT2D eigenvalue weighted by Crippen LogP contribution is 2.48. The van der Waals surface area contributed by atoms with Crippen LogP contribution in [0.15, 0.2) is 22.8 Å². The predicted molar refractivity (Wildman–Crippen MR) is 97.7 cm³/mol. The standard InChI is InChI=1S/C20H26N4O2/c1-6-7-24-12(3)16(11(2)23-24)17-13(10-21)19(22)26-15-9-20(4,5)8-14(25)18(15)17/h17H,6-9,22H2,1-5H3.